The highest BCUT2D eigenvalue weighted by atomic mass is 16.6. The van der Waals surface area contributed by atoms with Crippen LogP contribution in [-0.4, -0.2) is 30.6 Å². The van der Waals surface area contributed by atoms with Crippen LogP contribution >= 0.6 is 0 Å². The Morgan fingerprint density at radius 3 is 2.75 bits per heavy atom. The summed E-state index contributed by atoms with van der Waals surface area (Å²) in [6.07, 6.45) is 0.429. The summed E-state index contributed by atoms with van der Waals surface area (Å²) < 4.78 is 9.66. The van der Waals surface area contributed by atoms with E-state index in [1.54, 1.807) is 6.92 Å². The summed E-state index contributed by atoms with van der Waals surface area (Å²) in [6, 6.07) is 0. The van der Waals surface area contributed by atoms with Gasteiger partial charge in [0.05, 0.1) is 19.1 Å². The van der Waals surface area contributed by atoms with Crippen LogP contribution in [0, 0.1) is 5.92 Å². The van der Waals surface area contributed by atoms with E-state index in [4.69, 9.17) is 9.84 Å². The molecule has 1 heterocycles. The predicted molar refractivity (Wildman–Crippen MR) is 41.3 cm³/mol. The zero-order chi connectivity index (χ0) is 9.14. The number of esters is 1. The molecule has 4 heteroatoms. The van der Waals surface area contributed by atoms with Crippen molar-refractivity contribution in [2.24, 2.45) is 5.92 Å². The van der Waals surface area contributed by atoms with Crippen molar-refractivity contribution in [3.63, 3.8) is 0 Å². The maximum absolute atomic E-state index is 11.0. The van der Waals surface area contributed by atoms with Crippen molar-refractivity contribution in [2.75, 3.05) is 7.11 Å². The van der Waals surface area contributed by atoms with E-state index in [1.807, 2.05) is 0 Å². The molecular formula is C8H14O4. The van der Waals surface area contributed by atoms with Crippen molar-refractivity contribution in [2.45, 2.75) is 32.2 Å². The molecule has 1 aliphatic rings. The lowest BCUT2D eigenvalue weighted by molar-refractivity contribution is -0.155. The number of aliphatic hydroxyl groups excluding tert-OH is 1. The molecule has 1 fully saturated rings. The van der Waals surface area contributed by atoms with Gasteiger partial charge in [0.1, 0.15) is 0 Å². The summed E-state index contributed by atoms with van der Waals surface area (Å²) in [5.41, 5.74) is 0. The summed E-state index contributed by atoms with van der Waals surface area (Å²) in [4.78, 5) is 11.0. The average Bonchev–Trinajstić information content (AvgIpc) is 2.49. The van der Waals surface area contributed by atoms with Crippen LogP contribution in [0.5, 0.6) is 0 Å². The van der Waals surface area contributed by atoms with Gasteiger partial charge >= 0.3 is 5.97 Å². The number of aliphatic hydroxyl groups is 1. The van der Waals surface area contributed by atoms with Crippen LogP contribution < -0.4 is 0 Å². The van der Waals surface area contributed by atoms with Crippen LogP contribution in [-0.2, 0) is 14.3 Å². The molecule has 3 atom stereocenters. The Hall–Kier alpha value is -0.610. The van der Waals surface area contributed by atoms with Crippen molar-refractivity contribution in [1.29, 1.82) is 0 Å². The fourth-order valence-corrected chi connectivity index (χ4v) is 1.35. The molecule has 0 aromatic rings. The molecule has 12 heavy (non-hydrogen) atoms. The van der Waals surface area contributed by atoms with E-state index in [0.29, 0.717) is 6.42 Å². The lowest BCUT2D eigenvalue weighted by Gasteiger charge is -2.16. The molecule has 0 spiro atoms. The van der Waals surface area contributed by atoms with Gasteiger partial charge in [-0.15, -0.1) is 0 Å². The Morgan fingerprint density at radius 2 is 2.33 bits per heavy atom. The Bertz CT molecular complexity index is 168. The van der Waals surface area contributed by atoms with Crippen LogP contribution in [0.25, 0.3) is 0 Å². The monoisotopic (exact) mass is 174 g/mol. The Kier molecular flexibility index (Phi) is 3.05. The lowest BCUT2D eigenvalue weighted by atomic mass is 10.0. The van der Waals surface area contributed by atoms with Crippen LogP contribution in [0.1, 0.15) is 19.8 Å². The number of carbonyl (C=O) groups excluding carboxylic acids is 1. The van der Waals surface area contributed by atoms with Crippen molar-refractivity contribution >= 4 is 5.97 Å². The highest BCUT2D eigenvalue weighted by Gasteiger charge is 2.32. The van der Waals surface area contributed by atoms with Gasteiger partial charge in [0.15, 0.2) is 6.29 Å². The fourth-order valence-electron chi connectivity index (χ4n) is 1.35. The van der Waals surface area contributed by atoms with Gasteiger partial charge in [0.25, 0.3) is 0 Å². The normalized spacial score (nSPS) is 31.6. The first-order valence-corrected chi connectivity index (χ1v) is 4.06. The molecule has 3 unspecified atom stereocenters. The first kappa shape index (κ1) is 9.48. The predicted octanol–water partition coefficient (Wildman–Crippen LogP) is 0.293. The average molecular weight is 174 g/mol. The molecule has 0 aromatic heterocycles. The van der Waals surface area contributed by atoms with Gasteiger partial charge < -0.3 is 14.6 Å². The number of hydrogen-bond donors (Lipinski definition) is 1. The second kappa shape index (κ2) is 3.87. The molecule has 0 radical (unpaired) electrons. The van der Waals surface area contributed by atoms with E-state index in [9.17, 15) is 4.79 Å². The summed E-state index contributed by atoms with van der Waals surface area (Å²) in [6.45, 7) is 1.74. The van der Waals surface area contributed by atoms with Crippen LogP contribution in [0.4, 0.5) is 0 Å². The Labute approximate surface area is 71.5 Å². The maximum atomic E-state index is 11.0. The third kappa shape index (κ3) is 1.95. The molecule has 0 bridgehead atoms. The molecule has 0 aliphatic carbocycles. The molecule has 0 saturated carbocycles. The van der Waals surface area contributed by atoms with E-state index in [2.05, 4.69) is 4.74 Å². The Morgan fingerprint density at radius 1 is 1.67 bits per heavy atom. The number of ether oxygens (including phenoxy) is 2. The van der Waals surface area contributed by atoms with Crippen molar-refractivity contribution < 1.29 is 19.4 Å². The van der Waals surface area contributed by atoms with E-state index < -0.39 is 6.29 Å². The Balaban J connectivity index is 2.42. The maximum Gasteiger partial charge on any atom is 0.311 e. The minimum Gasteiger partial charge on any atom is -0.469 e. The molecule has 1 aliphatic heterocycles. The molecule has 70 valence electrons. The highest BCUT2D eigenvalue weighted by Crippen LogP contribution is 2.24. The van der Waals surface area contributed by atoms with Gasteiger partial charge in [0.2, 0.25) is 0 Å². The third-order valence-corrected chi connectivity index (χ3v) is 2.16. The van der Waals surface area contributed by atoms with Crippen LogP contribution in [0.3, 0.4) is 0 Å². The SMILES string of the molecule is COC(=O)C(C)C1CCC(O)O1. The van der Waals surface area contributed by atoms with E-state index in [1.165, 1.54) is 7.11 Å². The molecule has 1 N–H and O–H groups in total. The molecule has 4 nitrogen and oxygen atoms in total. The van der Waals surface area contributed by atoms with Crippen LogP contribution in [0.2, 0.25) is 0 Å². The van der Waals surface area contributed by atoms with Gasteiger partial charge in [-0.25, -0.2) is 0 Å². The van der Waals surface area contributed by atoms with E-state index in [-0.39, 0.29) is 18.0 Å². The number of hydrogen-bond acceptors (Lipinski definition) is 4. The van der Waals surface area contributed by atoms with E-state index >= 15 is 0 Å². The molecule has 0 aromatic carbocycles. The second-order valence-electron chi connectivity index (χ2n) is 3.02. The lowest BCUT2D eigenvalue weighted by Crippen LogP contribution is -2.27. The first-order chi connectivity index (χ1) is 5.65. The number of methoxy groups -OCH3 is 1. The third-order valence-electron chi connectivity index (χ3n) is 2.16. The van der Waals surface area contributed by atoms with Crippen molar-refractivity contribution in [3.05, 3.63) is 0 Å². The fraction of sp³-hybridized carbons (Fsp3) is 0.875. The molecular weight excluding hydrogens is 160 g/mol. The van der Waals surface area contributed by atoms with Gasteiger partial charge in [-0.2, -0.15) is 0 Å². The minimum atomic E-state index is -0.706. The zero-order valence-corrected chi connectivity index (χ0v) is 7.32. The molecule has 0 amide bonds. The highest BCUT2D eigenvalue weighted by molar-refractivity contribution is 5.72. The summed E-state index contributed by atoms with van der Waals surface area (Å²) in [7, 11) is 1.35. The van der Waals surface area contributed by atoms with Gasteiger partial charge in [-0.05, 0) is 13.3 Å². The first-order valence-electron chi connectivity index (χ1n) is 4.06. The topological polar surface area (TPSA) is 55.8 Å². The summed E-state index contributed by atoms with van der Waals surface area (Å²) >= 11 is 0. The molecule has 1 rings (SSSR count). The van der Waals surface area contributed by atoms with E-state index in [0.717, 1.165) is 6.42 Å². The largest absolute Gasteiger partial charge is 0.469 e. The quantitative estimate of drug-likeness (QED) is 0.611. The standard InChI is InChI=1S/C8H14O4/c1-5(8(10)11-2)6-3-4-7(9)12-6/h5-7,9H,3-4H2,1-2H3. The zero-order valence-electron chi connectivity index (χ0n) is 7.32. The number of rotatable bonds is 2. The van der Waals surface area contributed by atoms with Gasteiger partial charge in [0, 0.05) is 6.42 Å². The van der Waals surface area contributed by atoms with Crippen LogP contribution in [0.15, 0.2) is 0 Å². The summed E-state index contributed by atoms with van der Waals surface area (Å²) in [5.74, 6) is -0.568. The molecule has 1 saturated heterocycles. The number of carbonyl (C=O) groups is 1. The minimum absolute atomic E-state index is 0.188. The second-order valence-corrected chi connectivity index (χ2v) is 3.02. The summed E-state index contributed by atoms with van der Waals surface area (Å²) in [5, 5.41) is 9.03. The smallest absolute Gasteiger partial charge is 0.311 e. The van der Waals surface area contributed by atoms with Crippen molar-refractivity contribution in [3.8, 4) is 0 Å². The van der Waals surface area contributed by atoms with Crippen molar-refractivity contribution in [1.82, 2.24) is 0 Å². The van der Waals surface area contributed by atoms with Gasteiger partial charge in [-0.1, -0.05) is 0 Å². The van der Waals surface area contributed by atoms with Gasteiger partial charge in [-0.3, -0.25) is 4.79 Å².